The second kappa shape index (κ2) is 5.91. The number of hydrogen-bond donors (Lipinski definition) is 1. The third-order valence-corrected chi connectivity index (χ3v) is 4.53. The van der Waals surface area contributed by atoms with Crippen LogP contribution in [-0.4, -0.2) is 6.54 Å². The molecule has 0 aliphatic carbocycles. The second-order valence-electron chi connectivity index (χ2n) is 3.80. The molecule has 18 heavy (non-hydrogen) atoms. The van der Waals surface area contributed by atoms with Gasteiger partial charge in [0.15, 0.2) is 11.6 Å². The Balaban J connectivity index is 2.41. The molecule has 2 aromatic rings. The number of benzene rings is 1. The lowest BCUT2D eigenvalue weighted by Gasteiger charge is -2.18. The van der Waals surface area contributed by atoms with Gasteiger partial charge in [-0.3, -0.25) is 0 Å². The zero-order valence-electron chi connectivity index (χ0n) is 9.71. The van der Waals surface area contributed by atoms with E-state index in [0.29, 0.717) is 0 Å². The van der Waals surface area contributed by atoms with Crippen LogP contribution in [0.5, 0.6) is 0 Å². The molecule has 0 fully saturated rings. The highest BCUT2D eigenvalue weighted by Crippen LogP contribution is 2.33. The van der Waals surface area contributed by atoms with Gasteiger partial charge in [0.1, 0.15) is 0 Å². The Hall–Kier alpha value is -0.780. The minimum Gasteiger partial charge on any atom is -0.306 e. The monoisotopic (exact) mass is 331 g/mol. The van der Waals surface area contributed by atoms with Crippen LogP contribution in [0.3, 0.4) is 0 Å². The lowest BCUT2D eigenvalue weighted by atomic mass is 10.1. The first-order valence-electron chi connectivity index (χ1n) is 5.54. The van der Waals surface area contributed by atoms with Gasteiger partial charge in [0.25, 0.3) is 0 Å². The van der Waals surface area contributed by atoms with E-state index in [1.54, 1.807) is 17.4 Å². The largest absolute Gasteiger partial charge is 0.306 e. The van der Waals surface area contributed by atoms with Crippen LogP contribution in [0.25, 0.3) is 0 Å². The maximum atomic E-state index is 13.3. The van der Waals surface area contributed by atoms with Crippen LogP contribution in [0.1, 0.15) is 23.4 Å². The summed E-state index contributed by atoms with van der Waals surface area (Å²) in [6.07, 6.45) is 0. The maximum Gasteiger partial charge on any atom is 0.159 e. The van der Waals surface area contributed by atoms with E-state index in [2.05, 4.69) is 21.2 Å². The standard InChI is InChI=1S/C13H12BrF2NS/c1-2-17-12(13-9(14)5-6-18-13)8-3-4-10(15)11(16)7-8/h3-7,12,17H,2H2,1H3. The van der Waals surface area contributed by atoms with E-state index in [4.69, 9.17) is 0 Å². The van der Waals surface area contributed by atoms with Crippen molar-refractivity contribution in [2.45, 2.75) is 13.0 Å². The SMILES string of the molecule is CCNC(c1ccc(F)c(F)c1)c1sccc1Br. The Morgan fingerprint density at radius 1 is 1.28 bits per heavy atom. The number of thiophene rings is 1. The van der Waals surface area contributed by atoms with Crippen LogP contribution in [-0.2, 0) is 0 Å². The Morgan fingerprint density at radius 3 is 2.61 bits per heavy atom. The van der Waals surface area contributed by atoms with Gasteiger partial charge in [0.05, 0.1) is 6.04 Å². The molecule has 0 saturated carbocycles. The van der Waals surface area contributed by atoms with Crippen molar-refractivity contribution in [2.24, 2.45) is 0 Å². The summed E-state index contributed by atoms with van der Waals surface area (Å²) in [6, 6.07) is 5.84. The van der Waals surface area contributed by atoms with Crippen molar-refractivity contribution in [3.8, 4) is 0 Å². The molecule has 96 valence electrons. The van der Waals surface area contributed by atoms with Crippen LogP contribution < -0.4 is 5.32 Å². The van der Waals surface area contributed by atoms with Gasteiger partial charge in [0.2, 0.25) is 0 Å². The van der Waals surface area contributed by atoms with Crippen LogP contribution >= 0.6 is 27.3 Å². The summed E-state index contributed by atoms with van der Waals surface area (Å²) < 4.78 is 27.3. The first-order valence-corrected chi connectivity index (χ1v) is 7.22. The third kappa shape index (κ3) is 2.79. The van der Waals surface area contributed by atoms with Crippen molar-refractivity contribution in [1.82, 2.24) is 5.32 Å². The molecule has 0 radical (unpaired) electrons. The molecule has 0 amide bonds. The summed E-state index contributed by atoms with van der Waals surface area (Å²) in [5, 5.41) is 5.24. The Labute approximate surface area is 117 Å². The fourth-order valence-electron chi connectivity index (χ4n) is 1.77. The Morgan fingerprint density at radius 2 is 2.06 bits per heavy atom. The predicted molar refractivity (Wildman–Crippen MR) is 73.9 cm³/mol. The normalized spacial score (nSPS) is 12.7. The van der Waals surface area contributed by atoms with Crippen molar-refractivity contribution in [3.63, 3.8) is 0 Å². The molecule has 1 unspecified atom stereocenters. The molecule has 1 atom stereocenters. The molecule has 2 rings (SSSR count). The fraction of sp³-hybridized carbons (Fsp3) is 0.231. The number of rotatable bonds is 4. The summed E-state index contributed by atoms with van der Waals surface area (Å²) in [7, 11) is 0. The van der Waals surface area contributed by atoms with Crippen LogP contribution in [0.4, 0.5) is 8.78 Å². The molecule has 0 bridgehead atoms. The molecule has 0 saturated heterocycles. The molecular weight excluding hydrogens is 320 g/mol. The molecule has 1 nitrogen and oxygen atoms in total. The smallest absolute Gasteiger partial charge is 0.159 e. The van der Waals surface area contributed by atoms with Gasteiger partial charge in [0, 0.05) is 9.35 Å². The van der Waals surface area contributed by atoms with Crippen molar-refractivity contribution in [1.29, 1.82) is 0 Å². The number of halogens is 3. The van der Waals surface area contributed by atoms with Gasteiger partial charge >= 0.3 is 0 Å². The van der Waals surface area contributed by atoms with Crippen LogP contribution in [0.15, 0.2) is 34.1 Å². The van der Waals surface area contributed by atoms with Crippen molar-refractivity contribution in [3.05, 3.63) is 56.2 Å². The second-order valence-corrected chi connectivity index (χ2v) is 5.60. The summed E-state index contributed by atoms with van der Waals surface area (Å²) in [6.45, 7) is 2.72. The summed E-state index contributed by atoms with van der Waals surface area (Å²) in [5.74, 6) is -1.64. The molecule has 0 aliphatic rings. The lowest BCUT2D eigenvalue weighted by Crippen LogP contribution is -2.21. The summed E-state index contributed by atoms with van der Waals surface area (Å²) in [4.78, 5) is 1.06. The minimum absolute atomic E-state index is 0.125. The zero-order chi connectivity index (χ0) is 13.1. The van der Waals surface area contributed by atoms with E-state index < -0.39 is 11.6 Å². The van der Waals surface area contributed by atoms with E-state index in [9.17, 15) is 8.78 Å². The predicted octanol–water partition coefficient (Wildman–Crippen LogP) is 4.49. The minimum atomic E-state index is -0.820. The number of nitrogens with one attached hydrogen (secondary N) is 1. The highest BCUT2D eigenvalue weighted by Gasteiger charge is 2.18. The third-order valence-electron chi connectivity index (χ3n) is 2.59. The van der Waals surface area contributed by atoms with Gasteiger partial charge in [-0.25, -0.2) is 8.78 Å². The van der Waals surface area contributed by atoms with Crippen molar-refractivity contribution >= 4 is 27.3 Å². The molecule has 1 heterocycles. The van der Waals surface area contributed by atoms with Crippen LogP contribution in [0.2, 0.25) is 0 Å². The lowest BCUT2D eigenvalue weighted by molar-refractivity contribution is 0.504. The quantitative estimate of drug-likeness (QED) is 0.870. The van der Waals surface area contributed by atoms with Gasteiger partial charge < -0.3 is 5.32 Å². The van der Waals surface area contributed by atoms with Gasteiger partial charge in [-0.1, -0.05) is 13.0 Å². The van der Waals surface area contributed by atoms with Gasteiger partial charge in [-0.2, -0.15) is 0 Å². The molecular formula is C13H12BrF2NS. The van der Waals surface area contributed by atoms with E-state index in [1.807, 2.05) is 18.4 Å². The van der Waals surface area contributed by atoms with E-state index >= 15 is 0 Å². The van der Waals surface area contributed by atoms with E-state index in [1.165, 1.54) is 6.07 Å². The molecule has 1 aromatic carbocycles. The zero-order valence-corrected chi connectivity index (χ0v) is 12.1. The maximum absolute atomic E-state index is 13.3. The van der Waals surface area contributed by atoms with Crippen molar-refractivity contribution in [2.75, 3.05) is 6.54 Å². The highest BCUT2D eigenvalue weighted by atomic mass is 79.9. The van der Waals surface area contributed by atoms with Crippen LogP contribution in [0, 0.1) is 11.6 Å². The molecule has 5 heteroatoms. The first kappa shape index (κ1) is 13.6. The molecule has 1 aromatic heterocycles. The van der Waals surface area contributed by atoms with E-state index in [-0.39, 0.29) is 6.04 Å². The van der Waals surface area contributed by atoms with E-state index in [0.717, 1.165) is 27.5 Å². The molecule has 0 aliphatic heterocycles. The molecule has 0 spiro atoms. The summed E-state index contributed by atoms with van der Waals surface area (Å²) >= 11 is 5.05. The molecule has 1 N–H and O–H groups in total. The number of hydrogen-bond acceptors (Lipinski definition) is 2. The summed E-state index contributed by atoms with van der Waals surface area (Å²) in [5.41, 5.74) is 0.721. The van der Waals surface area contributed by atoms with Gasteiger partial charge in [-0.15, -0.1) is 11.3 Å². The Bertz CT molecular complexity index is 542. The Kier molecular flexibility index (Phi) is 4.48. The average Bonchev–Trinajstić information content (AvgIpc) is 2.76. The first-order chi connectivity index (χ1) is 8.63. The average molecular weight is 332 g/mol. The topological polar surface area (TPSA) is 12.0 Å². The van der Waals surface area contributed by atoms with Crippen molar-refractivity contribution < 1.29 is 8.78 Å². The fourth-order valence-corrected chi connectivity index (χ4v) is 3.47. The van der Waals surface area contributed by atoms with Gasteiger partial charge in [-0.05, 0) is 51.6 Å². The highest BCUT2D eigenvalue weighted by molar-refractivity contribution is 9.10.